The molecule has 0 radical (unpaired) electrons. The van der Waals surface area contributed by atoms with E-state index in [1.54, 1.807) is 0 Å². The number of ether oxygens (including phenoxy) is 1. The van der Waals surface area contributed by atoms with Gasteiger partial charge in [0.25, 0.3) is 0 Å². The van der Waals surface area contributed by atoms with E-state index >= 15 is 0 Å². The molecule has 1 N–H and O–H groups in total. The normalized spacial score (nSPS) is 32.8. The summed E-state index contributed by atoms with van der Waals surface area (Å²) < 4.78 is 5.63. The van der Waals surface area contributed by atoms with Crippen molar-refractivity contribution in [1.29, 1.82) is 0 Å². The Balaban J connectivity index is 1.63. The van der Waals surface area contributed by atoms with Crippen LogP contribution in [0.2, 0.25) is 0 Å². The average Bonchev–Trinajstić information content (AvgIpc) is 2.85. The first-order valence-corrected chi connectivity index (χ1v) is 7.43. The number of rotatable bonds is 5. The molecule has 0 bridgehead atoms. The Morgan fingerprint density at radius 1 is 1.39 bits per heavy atom. The largest absolute Gasteiger partial charge is 0.377 e. The minimum Gasteiger partial charge on any atom is -0.377 e. The number of hydrogen-bond donors (Lipinski definition) is 1. The van der Waals surface area contributed by atoms with Gasteiger partial charge in [0.1, 0.15) is 0 Å². The summed E-state index contributed by atoms with van der Waals surface area (Å²) in [5.41, 5.74) is 0. The van der Waals surface area contributed by atoms with Crippen LogP contribution >= 0.6 is 0 Å². The van der Waals surface area contributed by atoms with Gasteiger partial charge in [-0.25, -0.2) is 0 Å². The summed E-state index contributed by atoms with van der Waals surface area (Å²) in [6, 6.07) is 1.31. The van der Waals surface area contributed by atoms with Gasteiger partial charge in [-0.05, 0) is 33.7 Å². The zero-order chi connectivity index (χ0) is 13.0. The van der Waals surface area contributed by atoms with E-state index in [9.17, 15) is 0 Å². The topological polar surface area (TPSA) is 27.7 Å². The fourth-order valence-corrected chi connectivity index (χ4v) is 2.86. The number of likely N-dealkylation sites (N-methyl/N-ethyl adjacent to an activating group) is 1. The van der Waals surface area contributed by atoms with E-state index in [1.807, 2.05) is 0 Å². The third-order valence-corrected chi connectivity index (χ3v) is 4.45. The second kappa shape index (κ2) is 6.85. The molecule has 2 aliphatic rings. The van der Waals surface area contributed by atoms with E-state index in [1.165, 1.54) is 32.5 Å². The lowest BCUT2D eigenvalue weighted by Gasteiger charge is -2.40. The van der Waals surface area contributed by atoms with Crippen LogP contribution in [0.4, 0.5) is 0 Å². The van der Waals surface area contributed by atoms with Gasteiger partial charge in [-0.1, -0.05) is 0 Å². The molecular weight excluding hydrogens is 226 g/mol. The summed E-state index contributed by atoms with van der Waals surface area (Å²) in [6.45, 7) is 11.3. The van der Waals surface area contributed by atoms with E-state index in [2.05, 4.69) is 36.0 Å². The zero-order valence-electron chi connectivity index (χ0n) is 12.2. The van der Waals surface area contributed by atoms with Crippen molar-refractivity contribution in [3.05, 3.63) is 0 Å². The fourth-order valence-electron chi connectivity index (χ4n) is 2.86. The highest BCUT2D eigenvalue weighted by atomic mass is 16.5. The number of nitrogens with one attached hydrogen (secondary N) is 1. The molecule has 0 aromatic carbocycles. The van der Waals surface area contributed by atoms with Crippen LogP contribution in [0.15, 0.2) is 0 Å². The molecule has 106 valence electrons. The van der Waals surface area contributed by atoms with Gasteiger partial charge in [0.2, 0.25) is 0 Å². The Kier molecular flexibility index (Phi) is 5.42. The third-order valence-electron chi connectivity index (χ3n) is 4.45. The van der Waals surface area contributed by atoms with Gasteiger partial charge >= 0.3 is 0 Å². The summed E-state index contributed by atoms with van der Waals surface area (Å²) in [7, 11) is 2.22. The molecular formula is C14H29N3O. The zero-order valence-corrected chi connectivity index (χ0v) is 12.2. The maximum absolute atomic E-state index is 5.63. The average molecular weight is 255 g/mol. The lowest BCUT2D eigenvalue weighted by Crippen LogP contribution is -2.54. The van der Waals surface area contributed by atoms with Crippen molar-refractivity contribution in [3.63, 3.8) is 0 Å². The SMILES string of the molecule is CC1CN(C(C)CNCC2CCCO2)CCN1C. The lowest BCUT2D eigenvalue weighted by molar-refractivity contribution is 0.0731. The molecule has 18 heavy (non-hydrogen) atoms. The van der Waals surface area contributed by atoms with Gasteiger partial charge in [0, 0.05) is 51.4 Å². The molecule has 2 aliphatic heterocycles. The summed E-state index contributed by atoms with van der Waals surface area (Å²) >= 11 is 0. The molecule has 3 atom stereocenters. The number of hydrogen-bond acceptors (Lipinski definition) is 4. The Morgan fingerprint density at radius 2 is 2.22 bits per heavy atom. The first-order chi connectivity index (χ1) is 8.66. The smallest absolute Gasteiger partial charge is 0.0700 e. The molecule has 3 unspecified atom stereocenters. The van der Waals surface area contributed by atoms with Crippen LogP contribution in [-0.2, 0) is 4.74 Å². The van der Waals surface area contributed by atoms with E-state index < -0.39 is 0 Å². The van der Waals surface area contributed by atoms with Gasteiger partial charge in [0.15, 0.2) is 0 Å². The summed E-state index contributed by atoms with van der Waals surface area (Å²) in [5, 5.41) is 3.57. The van der Waals surface area contributed by atoms with Crippen LogP contribution in [0.25, 0.3) is 0 Å². The molecule has 2 fully saturated rings. The molecule has 2 saturated heterocycles. The van der Waals surface area contributed by atoms with Crippen molar-refractivity contribution >= 4 is 0 Å². The van der Waals surface area contributed by atoms with E-state index in [-0.39, 0.29) is 0 Å². The van der Waals surface area contributed by atoms with Crippen LogP contribution in [0.1, 0.15) is 26.7 Å². The monoisotopic (exact) mass is 255 g/mol. The maximum Gasteiger partial charge on any atom is 0.0700 e. The van der Waals surface area contributed by atoms with Crippen molar-refractivity contribution in [2.75, 3.05) is 46.4 Å². The molecule has 0 spiro atoms. The van der Waals surface area contributed by atoms with Crippen LogP contribution < -0.4 is 5.32 Å². The highest BCUT2D eigenvalue weighted by molar-refractivity contribution is 4.81. The Labute approximate surface area is 112 Å². The van der Waals surface area contributed by atoms with E-state index in [4.69, 9.17) is 4.74 Å². The Morgan fingerprint density at radius 3 is 2.89 bits per heavy atom. The predicted molar refractivity (Wildman–Crippen MR) is 75.0 cm³/mol. The molecule has 0 aliphatic carbocycles. The molecule has 2 rings (SSSR count). The summed E-state index contributed by atoms with van der Waals surface area (Å²) in [4.78, 5) is 5.05. The minimum atomic E-state index is 0.462. The first-order valence-electron chi connectivity index (χ1n) is 7.43. The standard InChI is InChI=1S/C14H29N3O/c1-12(9-15-10-14-5-4-8-18-14)17-7-6-16(3)13(2)11-17/h12-15H,4-11H2,1-3H3. The van der Waals surface area contributed by atoms with E-state index in [0.29, 0.717) is 18.2 Å². The second-order valence-electron chi connectivity index (χ2n) is 5.97. The lowest BCUT2D eigenvalue weighted by atomic mass is 10.1. The molecule has 4 nitrogen and oxygen atoms in total. The summed E-state index contributed by atoms with van der Waals surface area (Å²) in [5.74, 6) is 0. The quantitative estimate of drug-likeness (QED) is 0.786. The predicted octanol–water partition coefficient (Wildman–Crippen LogP) is 0.779. The van der Waals surface area contributed by atoms with Crippen molar-refractivity contribution in [2.45, 2.75) is 44.9 Å². The van der Waals surface area contributed by atoms with Crippen LogP contribution in [0.5, 0.6) is 0 Å². The van der Waals surface area contributed by atoms with Crippen molar-refractivity contribution in [2.24, 2.45) is 0 Å². The summed E-state index contributed by atoms with van der Waals surface area (Å²) in [6.07, 6.45) is 2.92. The van der Waals surface area contributed by atoms with Crippen LogP contribution in [0, 0.1) is 0 Å². The molecule has 0 amide bonds. The van der Waals surface area contributed by atoms with E-state index in [0.717, 1.165) is 19.7 Å². The highest BCUT2D eigenvalue weighted by Crippen LogP contribution is 2.12. The number of nitrogens with zero attached hydrogens (tertiary/aromatic N) is 2. The molecule has 2 heterocycles. The van der Waals surface area contributed by atoms with Gasteiger partial charge in [-0.2, -0.15) is 0 Å². The third kappa shape index (κ3) is 3.92. The Bertz CT molecular complexity index is 243. The molecule has 0 saturated carbocycles. The van der Waals surface area contributed by atoms with Gasteiger partial charge in [-0.15, -0.1) is 0 Å². The van der Waals surface area contributed by atoms with Gasteiger partial charge in [0.05, 0.1) is 6.10 Å². The highest BCUT2D eigenvalue weighted by Gasteiger charge is 2.24. The minimum absolute atomic E-state index is 0.462. The maximum atomic E-state index is 5.63. The first kappa shape index (κ1) is 14.3. The molecule has 4 heteroatoms. The van der Waals surface area contributed by atoms with Crippen LogP contribution in [-0.4, -0.2) is 74.4 Å². The number of piperazine rings is 1. The second-order valence-corrected chi connectivity index (χ2v) is 5.97. The van der Waals surface area contributed by atoms with Crippen LogP contribution in [0.3, 0.4) is 0 Å². The van der Waals surface area contributed by atoms with Crippen molar-refractivity contribution in [3.8, 4) is 0 Å². The Hall–Kier alpha value is -0.160. The van der Waals surface area contributed by atoms with Crippen molar-refractivity contribution < 1.29 is 4.74 Å². The van der Waals surface area contributed by atoms with Gasteiger partial charge < -0.3 is 15.0 Å². The molecule has 0 aromatic heterocycles. The van der Waals surface area contributed by atoms with Crippen molar-refractivity contribution in [1.82, 2.24) is 15.1 Å². The fraction of sp³-hybridized carbons (Fsp3) is 1.00. The van der Waals surface area contributed by atoms with Gasteiger partial charge in [-0.3, -0.25) is 4.90 Å². The molecule has 0 aromatic rings.